The molecule has 0 aliphatic carbocycles. The van der Waals surface area contributed by atoms with E-state index in [4.69, 9.17) is 5.73 Å². The molecule has 0 amide bonds. The summed E-state index contributed by atoms with van der Waals surface area (Å²) in [6.45, 7) is 3.91. The van der Waals surface area contributed by atoms with Crippen molar-refractivity contribution in [3.05, 3.63) is 11.9 Å². The molecule has 60 valence electrons. The monoisotopic (exact) mass is 143 g/mol. The van der Waals surface area contributed by atoms with Gasteiger partial charge in [0.2, 0.25) is 0 Å². The third-order valence-corrected chi connectivity index (χ3v) is 1.16. The van der Waals surface area contributed by atoms with Crippen LogP contribution in [0.4, 0.5) is 0 Å². The second-order valence-electron chi connectivity index (χ2n) is 2.13. The largest absolute Gasteiger partial charge is 0.401 e. The molecule has 0 unspecified atom stereocenters. The lowest BCUT2D eigenvalue weighted by molar-refractivity contribution is 0.769. The molecule has 0 rings (SSSR count). The van der Waals surface area contributed by atoms with Crippen molar-refractivity contribution in [3.8, 4) is 0 Å². The minimum Gasteiger partial charge on any atom is -0.401 e. The number of hydrogen-bond acceptors (Lipinski definition) is 3. The highest BCUT2D eigenvalue weighted by molar-refractivity contribution is 4.94. The zero-order valence-corrected chi connectivity index (χ0v) is 6.78. The van der Waals surface area contributed by atoms with Crippen molar-refractivity contribution in [3.63, 3.8) is 0 Å². The molecular formula is C7H17N3. The molecule has 0 saturated carbocycles. The van der Waals surface area contributed by atoms with Crippen LogP contribution in [0.25, 0.3) is 0 Å². The van der Waals surface area contributed by atoms with Crippen LogP contribution in [0, 0.1) is 0 Å². The highest BCUT2D eigenvalue weighted by Crippen LogP contribution is 1.86. The summed E-state index contributed by atoms with van der Waals surface area (Å²) >= 11 is 0. The smallest absolute Gasteiger partial charge is 0.0253 e. The van der Waals surface area contributed by atoms with E-state index in [0.717, 1.165) is 25.2 Å². The molecule has 0 radical (unpaired) electrons. The van der Waals surface area contributed by atoms with E-state index in [-0.39, 0.29) is 0 Å². The van der Waals surface area contributed by atoms with Crippen LogP contribution in [0.15, 0.2) is 11.9 Å². The van der Waals surface area contributed by atoms with Gasteiger partial charge < -0.3 is 16.4 Å². The van der Waals surface area contributed by atoms with Crippen LogP contribution in [-0.4, -0.2) is 20.1 Å². The maximum Gasteiger partial charge on any atom is 0.0253 e. The van der Waals surface area contributed by atoms with Crippen LogP contribution in [0.5, 0.6) is 0 Å². The molecule has 3 heteroatoms. The Morgan fingerprint density at radius 3 is 2.80 bits per heavy atom. The van der Waals surface area contributed by atoms with Gasteiger partial charge >= 0.3 is 0 Å². The Hall–Kier alpha value is -0.700. The van der Waals surface area contributed by atoms with Crippen LogP contribution < -0.4 is 16.4 Å². The lowest BCUT2D eigenvalue weighted by Crippen LogP contribution is -2.14. The Morgan fingerprint density at radius 2 is 2.30 bits per heavy atom. The summed E-state index contributed by atoms with van der Waals surface area (Å²) in [6, 6.07) is 0. The molecule has 4 N–H and O–H groups in total. The molecule has 0 fully saturated rings. The molecule has 0 aliphatic rings. The molecule has 10 heavy (non-hydrogen) atoms. The molecule has 0 atom stereocenters. The normalized spacial score (nSPS) is 11.6. The van der Waals surface area contributed by atoms with E-state index in [0.29, 0.717) is 0 Å². The summed E-state index contributed by atoms with van der Waals surface area (Å²) in [5, 5.41) is 6.07. The zero-order valence-electron chi connectivity index (χ0n) is 6.78. The number of nitrogens with two attached hydrogens (primary N) is 1. The van der Waals surface area contributed by atoms with Crippen LogP contribution in [0.1, 0.15) is 13.3 Å². The molecule has 0 aliphatic heterocycles. The summed E-state index contributed by atoms with van der Waals surface area (Å²) in [7, 11) is 1.92. The van der Waals surface area contributed by atoms with Crippen molar-refractivity contribution in [2.24, 2.45) is 5.73 Å². The molecular weight excluding hydrogens is 126 g/mol. The number of hydrogen-bond donors (Lipinski definition) is 3. The second-order valence-corrected chi connectivity index (χ2v) is 2.13. The van der Waals surface area contributed by atoms with E-state index in [1.165, 1.54) is 0 Å². The van der Waals surface area contributed by atoms with E-state index >= 15 is 0 Å². The van der Waals surface area contributed by atoms with Crippen LogP contribution >= 0.6 is 0 Å². The van der Waals surface area contributed by atoms with Crippen molar-refractivity contribution in [1.82, 2.24) is 10.6 Å². The molecule has 0 aromatic heterocycles. The fourth-order valence-corrected chi connectivity index (χ4v) is 0.575. The first-order chi connectivity index (χ1) is 4.81. The highest BCUT2D eigenvalue weighted by Gasteiger charge is 1.86. The Balaban J connectivity index is 3.30. The van der Waals surface area contributed by atoms with Gasteiger partial charge in [0.1, 0.15) is 0 Å². The topological polar surface area (TPSA) is 50.1 Å². The molecule has 0 spiro atoms. The minimum absolute atomic E-state index is 0.899. The van der Waals surface area contributed by atoms with Gasteiger partial charge in [-0.2, -0.15) is 0 Å². The van der Waals surface area contributed by atoms with Crippen molar-refractivity contribution < 1.29 is 0 Å². The summed E-state index contributed by atoms with van der Waals surface area (Å²) in [5.74, 6) is 0. The third-order valence-electron chi connectivity index (χ3n) is 1.16. The van der Waals surface area contributed by atoms with Crippen LogP contribution in [0.3, 0.4) is 0 Å². The van der Waals surface area contributed by atoms with E-state index in [2.05, 4.69) is 10.6 Å². The van der Waals surface area contributed by atoms with E-state index in [1.807, 2.05) is 20.2 Å². The van der Waals surface area contributed by atoms with Crippen molar-refractivity contribution in [2.45, 2.75) is 13.3 Å². The summed E-state index contributed by atoms with van der Waals surface area (Å²) < 4.78 is 0. The first-order valence-corrected chi connectivity index (χ1v) is 3.63. The number of rotatable bonds is 5. The molecule has 0 aromatic carbocycles. The maximum absolute atomic E-state index is 5.60. The second kappa shape index (κ2) is 6.42. The van der Waals surface area contributed by atoms with E-state index in [1.54, 1.807) is 0 Å². The van der Waals surface area contributed by atoms with Crippen molar-refractivity contribution in [1.29, 1.82) is 0 Å². The average molecular weight is 143 g/mol. The van der Waals surface area contributed by atoms with Gasteiger partial charge in [-0.3, -0.25) is 0 Å². The summed E-state index contributed by atoms with van der Waals surface area (Å²) in [6.07, 6.45) is 2.76. The van der Waals surface area contributed by atoms with Crippen LogP contribution in [0.2, 0.25) is 0 Å². The van der Waals surface area contributed by atoms with Gasteiger partial charge in [0.25, 0.3) is 0 Å². The highest BCUT2D eigenvalue weighted by atomic mass is 14.8. The van der Waals surface area contributed by atoms with Crippen LogP contribution in [-0.2, 0) is 0 Å². The summed E-state index contributed by atoms with van der Waals surface area (Å²) in [4.78, 5) is 0. The van der Waals surface area contributed by atoms with E-state index < -0.39 is 0 Å². The first kappa shape index (κ1) is 9.30. The van der Waals surface area contributed by atoms with Gasteiger partial charge in [-0.15, -0.1) is 0 Å². The van der Waals surface area contributed by atoms with Gasteiger partial charge in [-0.1, -0.05) is 0 Å². The Labute approximate surface area is 62.7 Å². The van der Waals surface area contributed by atoms with Gasteiger partial charge in [0.05, 0.1) is 0 Å². The standard InChI is InChI=1S/C7H17N3/c1-3-10-6-7(8)4-5-9-2/h6,9-10H,3-5,8H2,1-2H3/b7-6-. The van der Waals surface area contributed by atoms with Gasteiger partial charge in [0.15, 0.2) is 0 Å². The Bertz CT molecular complexity index is 99.0. The predicted molar refractivity (Wildman–Crippen MR) is 44.5 cm³/mol. The molecule has 0 aromatic rings. The fourth-order valence-electron chi connectivity index (χ4n) is 0.575. The minimum atomic E-state index is 0.899. The summed E-state index contributed by atoms with van der Waals surface area (Å²) in [5.41, 5.74) is 6.50. The molecule has 0 bridgehead atoms. The van der Waals surface area contributed by atoms with Gasteiger partial charge in [-0.25, -0.2) is 0 Å². The zero-order chi connectivity index (χ0) is 7.82. The quantitative estimate of drug-likeness (QED) is 0.508. The lowest BCUT2D eigenvalue weighted by Gasteiger charge is -2.00. The third kappa shape index (κ3) is 5.44. The predicted octanol–water partition coefficient (Wildman–Crippen LogP) is 0.00550. The Kier molecular flexibility index (Phi) is 5.97. The SMILES string of the molecule is CCN/C=C(\N)CCNC. The van der Waals surface area contributed by atoms with Crippen molar-refractivity contribution >= 4 is 0 Å². The lowest BCUT2D eigenvalue weighted by atomic mass is 10.3. The van der Waals surface area contributed by atoms with Gasteiger partial charge in [-0.05, 0) is 14.0 Å². The van der Waals surface area contributed by atoms with Crippen molar-refractivity contribution in [2.75, 3.05) is 20.1 Å². The maximum atomic E-state index is 5.60. The first-order valence-electron chi connectivity index (χ1n) is 3.63. The number of nitrogens with one attached hydrogen (secondary N) is 2. The van der Waals surface area contributed by atoms with E-state index in [9.17, 15) is 0 Å². The molecule has 0 saturated heterocycles. The molecule has 0 heterocycles. The average Bonchev–Trinajstić information content (AvgIpc) is 1.97. The Morgan fingerprint density at radius 1 is 1.60 bits per heavy atom. The fraction of sp³-hybridized carbons (Fsp3) is 0.714. The molecule has 3 nitrogen and oxygen atoms in total. The van der Waals surface area contributed by atoms with Gasteiger partial charge in [0, 0.05) is 31.4 Å².